The van der Waals surface area contributed by atoms with Crippen LogP contribution in [0, 0.1) is 0 Å². The molecule has 0 aliphatic carbocycles. The molecule has 3 rings (SSSR count). The van der Waals surface area contributed by atoms with Crippen LogP contribution in [-0.4, -0.2) is 51.1 Å². The Kier molecular flexibility index (Phi) is 6.91. The molecule has 1 amide bonds. The first kappa shape index (κ1) is 22.3. The van der Waals surface area contributed by atoms with E-state index in [1.807, 2.05) is 0 Å². The molecule has 1 fully saturated rings. The first-order chi connectivity index (χ1) is 14.8. The van der Waals surface area contributed by atoms with Gasteiger partial charge in [-0.25, -0.2) is 4.79 Å². The molecule has 0 saturated carbocycles. The molecule has 2 aromatic carbocycles. The molecule has 1 aliphatic rings. The standard InChI is InChI=1S/C21H19F3N2O5/c22-21(23,24)16-5-6-18(26-7-9-30-10-8-26)17(11-16)25-19(28)13-31-20(29)15-3-1-14(12-27)2-4-15/h1-6,11-12H,7-10,13H2,(H,25,28). The number of nitrogens with zero attached hydrogens (tertiary/aromatic N) is 1. The third-order valence-electron chi connectivity index (χ3n) is 4.57. The Balaban J connectivity index is 1.70. The Morgan fingerprint density at radius 1 is 1.10 bits per heavy atom. The molecule has 0 radical (unpaired) electrons. The van der Waals surface area contributed by atoms with Gasteiger partial charge in [0.25, 0.3) is 5.91 Å². The number of benzene rings is 2. The number of alkyl halides is 3. The summed E-state index contributed by atoms with van der Waals surface area (Å²) in [6.07, 6.45) is -3.97. The highest BCUT2D eigenvalue weighted by atomic mass is 19.4. The zero-order chi connectivity index (χ0) is 22.4. The molecule has 0 aromatic heterocycles. The zero-order valence-electron chi connectivity index (χ0n) is 16.3. The van der Waals surface area contributed by atoms with Gasteiger partial charge in [-0.05, 0) is 30.3 Å². The highest BCUT2D eigenvalue weighted by Crippen LogP contribution is 2.35. The van der Waals surface area contributed by atoms with Crippen LogP contribution >= 0.6 is 0 Å². The second-order valence-corrected chi connectivity index (χ2v) is 6.69. The number of ether oxygens (including phenoxy) is 2. The van der Waals surface area contributed by atoms with Crippen molar-refractivity contribution in [3.05, 3.63) is 59.2 Å². The number of aldehydes is 1. The predicted molar refractivity (Wildman–Crippen MR) is 105 cm³/mol. The number of hydrogen-bond donors (Lipinski definition) is 1. The van der Waals surface area contributed by atoms with Crippen LogP contribution < -0.4 is 10.2 Å². The van der Waals surface area contributed by atoms with E-state index in [4.69, 9.17) is 9.47 Å². The van der Waals surface area contributed by atoms with Crippen LogP contribution in [0.2, 0.25) is 0 Å². The summed E-state index contributed by atoms with van der Waals surface area (Å²) in [7, 11) is 0. The van der Waals surface area contributed by atoms with Crippen molar-refractivity contribution >= 4 is 29.5 Å². The summed E-state index contributed by atoms with van der Waals surface area (Å²) in [4.78, 5) is 36.8. The molecule has 1 heterocycles. The molecule has 0 unspecified atom stereocenters. The van der Waals surface area contributed by atoms with Crippen LogP contribution in [-0.2, 0) is 20.4 Å². The second-order valence-electron chi connectivity index (χ2n) is 6.69. The molecule has 2 aromatic rings. The van der Waals surface area contributed by atoms with Crippen molar-refractivity contribution in [3.63, 3.8) is 0 Å². The minimum atomic E-state index is -4.58. The van der Waals surface area contributed by atoms with E-state index in [1.54, 1.807) is 4.90 Å². The van der Waals surface area contributed by atoms with Crippen LogP contribution in [0.5, 0.6) is 0 Å². The summed E-state index contributed by atoms with van der Waals surface area (Å²) < 4.78 is 49.6. The van der Waals surface area contributed by atoms with Gasteiger partial charge in [-0.2, -0.15) is 13.2 Å². The predicted octanol–water partition coefficient (Wildman–Crippen LogP) is 3.15. The fraction of sp³-hybridized carbons (Fsp3) is 0.286. The van der Waals surface area contributed by atoms with Gasteiger partial charge in [-0.15, -0.1) is 0 Å². The highest BCUT2D eigenvalue weighted by molar-refractivity contribution is 5.98. The van der Waals surface area contributed by atoms with Gasteiger partial charge in [0.2, 0.25) is 0 Å². The van der Waals surface area contributed by atoms with Gasteiger partial charge in [0, 0.05) is 18.7 Å². The van der Waals surface area contributed by atoms with Gasteiger partial charge in [0.05, 0.1) is 35.7 Å². The number of anilines is 2. The first-order valence-corrected chi connectivity index (χ1v) is 9.34. The molecule has 10 heteroatoms. The Hall–Kier alpha value is -3.40. The lowest BCUT2D eigenvalue weighted by molar-refractivity contribution is -0.137. The maximum absolute atomic E-state index is 13.1. The summed E-state index contributed by atoms with van der Waals surface area (Å²) in [5, 5.41) is 2.40. The van der Waals surface area contributed by atoms with E-state index in [2.05, 4.69) is 5.32 Å². The van der Waals surface area contributed by atoms with Gasteiger partial charge in [0.1, 0.15) is 6.29 Å². The van der Waals surface area contributed by atoms with Gasteiger partial charge in [0.15, 0.2) is 6.61 Å². The Bertz CT molecular complexity index is 954. The number of carbonyl (C=O) groups excluding carboxylic acids is 3. The number of halogens is 3. The summed E-state index contributed by atoms with van der Waals surface area (Å²) in [6.45, 7) is 1.05. The topological polar surface area (TPSA) is 84.9 Å². The Morgan fingerprint density at radius 2 is 1.77 bits per heavy atom. The number of hydrogen-bond acceptors (Lipinski definition) is 6. The molecule has 164 valence electrons. The Morgan fingerprint density at radius 3 is 2.39 bits per heavy atom. The van der Waals surface area contributed by atoms with Crippen molar-refractivity contribution < 1.29 is 37.0 Å². The molecule has 31 heavy (non-hydrogen) atoms. The minimum absolute atomic E-state index is 0.0342. The molecular formula is C21H19F3N2O5. The third-order valence-corrected chi connectivity index (χ3v) is 4.57. The van der Waals surface area contributed by atoms with E-state index in [1.165, 1.54) is 30.3 Å². The molecule has 0 atom stereocenters. The van der Waals surface area contributed by atoms with E-state index in [0.717, 1.165) is 12.1 Å². The Labute approximate surface area is 175 Å². The second kappa shape index (κ2) is 9.61. The molecule has 1 saturated heterocycles. The SMILES string of the molecule is O=Cc1ccc(C(=O)OCC(=O)Nc2cc(C(F)(F)F)ccc2N2CCOCC2)cc1. The van der Waals surface area contributed by atoms with Gasteiger partial charge in [-0.3, -0.25) is 9.59 Å². The molecule has 0 bridgehead atoms. The zero-order valence-corrected chi connectivity index (χ0v) is 16.3. The van der Waals surface area contributed by atoms with Crippen molar-refractivity contribution in [1.82, 2.24) is 0 Å². The fourth-order valence-electron chi connectivity index (χ4n) is 2.99. The lowest BCUT2D eigenvalue weighted by Crippen LogP contribution is -2.37. The third kappa shape index (κ3) is 5.82. The van der Waals surface area contributed by atoms with Crippen LogP contribution in [0.4, 0.5) is 24.5 Å². The first-order valence-electron chi connectivity index (χ1n) is 9.34. The monoisotopic (exact) mass is 436 g/mol. The number of carbonyl (C=O) groups is 3. The lowest BCUT2D eigenvalue weighted by Gasteiger charge is -2.31. The largest absolute Gasteiger partial charge is 0.452 e. The number of amides is 1. The average Bonchev–Trinajstić information content (AvgIpc) is 2.77. The van der Waals surface area contributed by atoms with Gasteiger partial charge in [-0.1, -0.05) is 12.1 Å². The normalized spacial score (nSPS) is 14.1. The quantitative estimate of drug-likeness (QED) is 0.553. The number of rotatable bonds is 6. The maximum atomic E-state index is 13.1. The summed E-state index contributed by atoms with van der Waals surface area (Å²) in [5.74, 6) is -1.59. The molecule has 1 aliphatic heterocycles. The molecule has 0 spiro atoms. The van der Waals surface area contributed by atoms with Gasteiger partial charge < -0.3 is 19.7 Å². The number of esters is 1. The van der Waals surface area contributed by atoms with Crippen LogP contribution in [0.3, 0.4) is 0 Å². The summed E-state index contributed by atoms with van der Waals surface area (Å²) in [6, 6.07) is 8.67. The van der Waals surface area contributed by atoms with Crippen LogP contribution in [0.25, 0.3) is 0 Å². The van der Waals surface area contributed by atoms with E-state index >= 15 is 0 Å². The number of morpholine rings is 1. The van der Waals surface area contributed by atoms with Crippen molar-refractivity contribution in [3.8, 4) is 0 Å². The summed E-state index contributed by atoms with van der Waals surface area (Å²) in [5.41, 5.74) is -0.0263. The van der Waals surface area contributed by atoms with Crippen LogP contribution in [0.15, 0.2) is 42.5 Å². The molecular weight excluding hydrogens is 417 g/mol. The lowest BCUT2D eigenvalue weighted by atomic mass is 10.1. The van der Waals surface area contributed by atoms with Crippen molar-refractivity contribution in [2.75, 3.05) is 43.1 Å². The average molecular weight is 436 g/mol. The van der Waals surface area contributed by atoms with E-state index < -0.39 is 30.2 Å². The van der Waals surface area contributed by atoms with Crippen LogP contribution in [0.1, 0.15) is 26.3 Å². The van der Waals surface area contributed by atoms with E-state index in [0.29, 0.717) is 43.8 Å². The smallest absolute Gasteiger partial charge is 0.416 e. The van der Waals surface area contributed by atoms with E-state index in [-0.39, 0.29) is 11.3 Å². The highest BCUT2D eigenvalue weighted by Gasteiger charge is 2.32. The van der Waals surface area contributed by atoms with Crippen molar-refractivity contribution in [2.24, 2.45) is 0 Å². The van der Waals surface area contributed by atoms with Gasteiger partial charge >= 0.3 is 12.1 Å². The van der Waals surface area contributed by atoms with Crippen molar-refractivity contribution in [1.29, 1.82) is 0 Å². The maximum Gasteiger partial charge on any atom is 0.416 e. The summed E-state index contributed by atoms with van der Waals surface area (Å²) >= 11 is 0. The van der Waals surface area contributed by atoms with Crippen molar-refractivity contribution in [2.45, 2.75) is 6.18 Å². The number of nitrogens with one attached hydrogen (secondary N) is 1. The van der Waals surface area contributed by atoms with E-state index in [9.17, 15) is 27.6 Å². The minimum Gasteiger partial charge on any atom is -0.452 e. The fourth-order valence-corrected chi connectivity index (χ4v) is 2.99. The molecule has 1 N–H and O–H groups in total. The molecule has 7 nitrogen and oxygen atoms in total.